The molecule has 0 bridgehead atoms. The minimum atomic E-state index is -1.01. The van der Waals surface area contributed by atoms with Crippen molar-refractivity contribution in [2.75, 3.05) is 17.2 Å². The maximum atomic E-state index is 12.8. The Balaban J connectivity index is 1.28. The molecule has 4 aromatic rings. The van der Waals surface area contributed by atoms with E-state index in [1.807, 2.05) is 38.1 Å². The van der Waals surface area contributed by atoms with Gasteiger partial charge in [0.25, 0.3) is 5.91 Å². The van der Waals surface area contributed by atoms with Gasteiger partial charge in [-0.15, -0.1) is 0 Å². The number of benzene rings is 4. The summed E-state index contributed by atoms with van der Waals surface area (Å²) in [6.45, 7) is 6.84. The van der Waals surface area contributed by atoms with Gasteiger partial charge < -0.3 is 30.2 Å². The zero-order chi connectivity index (χ0) is 39.5. The van der Waals surface area contributed by atoms with Crippen LogP contribution in [0, 0.1) is 13.8 Å². The van der Waals surface area contributed by atoms with Crippen molar-refractivity contribution in [2.45, 2.75) is 60.2 Å². The molecule has 284 valence electrons. The lowest BCUT2D eigenvalue weighted by molar-refractivity contribution is -0.158. The summed E-state index contributed by atoms with van der Waals surface area (Å²) in [6, 6.07) is 16.6. The van der Waals surface area contributed by atoms with Gasteiger partial charge in [0.05, 0.1) is 26.5 Å². The van der Waals surface area contributed by atoms with Crippen LogP contribution in [0.2, 0.25) is 20.1 Å². The predicted octanol–water partition coefficient (Wildman–Crippen LogP) is 8.81. The maximum Gasteiger partial charge on any atom is 0.333 e. The molecule has 0 radical (unpaired) electrons. The quantitative estimate of drug-likeness (QED) is 0.0797. The molecule has 0 saturated carbocycles. The minimum Gasteiger partial charge on any atom is -0.486 e. The molecule has 4 rings (SSSR count). The monoisotopic (exact) mass is 815 g/mol. The number of carbonyl (C=O) groups is 5. The molecule has 0 aliphatic rings. The number of carbonyl (C=O) groups excluding carboxylic acids is 5. The molecule has 0 fully saturated rings. The zero-order valence-electron chi connectivity index (χ0n) is 29.8. The van der Waals surface area contributed by atoms with Crippen LogP contribution in [0.3, 0.4) is 0 Å². The van der Waals surface area contributed by atoms with E-state index in [-0.39, 0.29) is 68.6 Å². The van der Waals surface area contributed by atoms with Crippen LogP contribution in [-0.2, 0) is 43.5 Å². The molecule has 0 aliphatic carbocycles. The van der Waals surface area contributed by atoms with Crippen LogP contribution < -0.4 is 25.4 Å². The average Bonchev–Trinajstić information content (AvgIpc) is 3.09. The molecule has 0 aromatic heterocycles. The highest BCUT2D eigenvalue weighted by atomic mass is 35.5. The molecule has 0 heterocycles. The Kier molecular flexibility index (Phi) is 15.1. The fraction of sp³-hybridized carbons (Fsp3) is 0.256. The van der Waals surface area contributed by atoms with Crippen molar-refractivity contribution in [1.82, 2.24) is 5.32 Å². The first-order valence-electron chi connectivity index (χ1n) is 16.7. The second-order valence-electron chi connectivity index (χ2n) is 12.2. The molecule has 54 heavy (non-hydrogen) atoms. The largest absolute Gasteiger partial charge is 0.486 e. The van der Waals surface area contributed by atoms with Gasteiger partial charge in [0.1, 0.15) is 19.8 Å². The summed E-state index contributed by atoms with van der Waals surface area (Å²) >= 11 is 25.6. The smallest absolute Gasteiger partial charge is 0.333 e. The lowest BCUT2D eigenvalue weighted by Gasteiger charge is -2.14. The van der Waals surface area contributed by atoms with Gasteiger partial charge in [0.15, 0.2) is 11.5 Å². The highest BCUT2D eigenvalue weighted by Gasteiger charge is 2.19. The summed E-state index contributed by atoms with van der Waals surface area (Å²) in [6.07, 6.45) is 0.335. The molecule has 0 unspecified atom stereocenters. The number of halogens is 4. The Morgan fingerprint density at radius 3 is 1.46 bits per heavy atom. The molecular weight excluding hydrogens is 780 g/mol. The Morgan fingerprint density at radius 2 is 1.02 bits per heavy atom. The van der Waals surface area contributed by atoms with E-state index in [0.29, 0.717) is 29.8 Å². The van der Waals surface area contributed by atoms with E-state index in [9.17, 15) is 24.0 Å². The van der Waals surface area contributed by atoms with E-state index >= 15 is 0 Å². The summed E-state index contributed by atoms with van der Waals surface area (Å²) in [4.78, 5) is 61.3. The van der Waals surface area contributed by atoms with Gasteiger partial charge >= 0.3 is 11.9 Å². The first-order valence-corrected chi connectivity index (χ1v) is 18.2. The van der Waals surface area contributed by atoms with E-state index in [0.717, 1.165) is 22.3 Å². The van der Waals surface area contributed by atoms with Crippen molar-refractivity contribution in [3.05, 3.63) is 114 Å². The first-order chi connectivity index (χ1) is 25.6. The van der Waals surface area contributed by atoms with Gasteiger partial charge in [0.2, 0.25) is 11.8 Å². The topological polar surface area (TPSA) is 149 Å². The zero-order valence-corrected chi connectivity index (χ0v) is 32.8. The molecule has 0 saturated heterocycles. The van der Waals surface area contributed by atoms with Crippen LogP contribution >= 0.6 is 46.4 Å². The molecule has 0 aliphatic heterocycles. The van der Waals surface area contributed by atoms with Crippen molar-refractivity contribution in [3.63, 3.8) is 0 Å². The molecule has 3 amide bonds. The van der Waals surface area contributed by atoms with Crippen LogP contribution in [0.1, 0.15) is 64.9 Å². The lowest BCUT2D eigenvalue weighted by atomic mass is 10.1. The number of aryl methyl sites for hydroxylation is 2. The van der Waals surface area contributed by atoms with E-state index in [1.165, 1.54) is 24.3 Å². The standard InChI is InChI=1S/C39H37Cl4N3O8/c1-5-33(47)45-27-9-21(3)7-24(11-27)19-52-37-29(40)13-23(14-30(37)41)15-35(49)54-36(50)18-44-39(51)26-16-31(42)38(32(43)17-26)53-20-25-8-22(4)10-28(12-25)46-34(48)6-2/h7-14,16-17H,5-6,15,18-20H2,1-4H3,(H,44,51)(H,45,47)(H,46,48). The molecule has 3 N–H and O–H groups in total. The Labute approximate surface area is 332 Å². The van der Waals surface area contributed by atoms with Crippen molar-refractivity contribution in [1.29, 1.82) is 0 Å². The van der Waals surface area contributed by atoms with Crippen LogP contribution in [0.4, 0.5) is 11.4 Å². The van der Waals surface area contributed by atoms with E-state index in [4.69, 9.17) is 60.6 Å². The van der Waals surface area contributed by atoms with Crippen molar-refractivity contribution >= 4 is 87.4 Å². The van der Waals surface area contributed by atoms with Crippen molar-refractivity contribution in [3.8, 4) is 11.5 Å². The SMILES string of the molecule is CCC(=O)Nc1cc(C)cc(COc2c(Cl)cc(CC(=O)OC(=O)CNC(=O)c3cc(Cl)c(OCc4cc(C)cc(NC(=O)CC)c4)c(Cl)c3)cc2Cl)c1. The second-order valence-corrected chi connectivity index (χ2v) is 13.8. The number of amides is 3. The second kappa shape index (κ2) is 19.5. The third-order valence-corrected chi connectivity index (χ3v) is 8.66. The first kappa shape index (κ1) is 41.9. The number of hydrogen-bond donors (Lipinski definition) is 3. The van der Waals surface area contributed by atoms with Crippen LogP contribution in [0.5, 0.6) is 11.5 Å². The fourth-order valence-electron chi connectivity index (χ4n) is 5.15. The van der Waals surface area contributed by atoms with Crippen LogP contribution in [0.15, 0.2) is 60.7 Å². The molecule has 15 heteroatoms. The highest BCUT2D eigenvalue weighted by Crippen LogP contribution is 2.36. The molecule has 4 aromatic carbocycles. The van der Waals surface area contributed by atoms with E-state index < -0.39 is 24.4 Å². The number of nitrogens with one attached hydrogen (secondary N) is 3. The van der Waals surface area contributed by atoms with Gasteiger partial charge in [-0.05, 0) is 90.2 Å². The number of ether oxygens (including phenoxy) is 3. The average molecular weight is 818 g/mol. The summed E-state index contributed by atoms with van der Waals surface area (Å²) in [5.41, 5.74) is 5.02. The molecular formula is C39H37Cl4N3O8. The van der Waals surface area contributed by atoms with Gasteiger partial charge in [-0.3, -0.25) is 19.2 Å². The summed E-state index contributed by atoms with van der Waals surface area (Å²) in [5, 5.41) is 8.36. The number of anilines is 2. The van der Waals surface area contributed by atoms with E-state index in [1.54, 1.807) is 26.0 Å². The summed E-state index contributed by atoms with van der Waals surface area (Å²) in [7, 11) is 0. The van der Waals surface area contributed by atoms with Crippen LogP contribution in [0.25, 0.3) is 0 Å². The third kappa shape index (κ3) is 12.4. The number of esters is 2. The number of rotatable bonds is 15. The molecule has 0 spiro atoms. The highest BCUT2D eigenvalue weighted by molar-refractivity contribution is 6.38. The molecule has 0 atom stereocenters. The van der Waals surface area contributed by atoms with Gasteiger partial charge in [0, 0.05) is 29.8 Å². The van der Waals surface area contributed by atoms with Crippen molar-refractivity contribution < 1.29 is 38.2 Å². The molecule has 11 nitrogen and oxygen atoms in total. The lowest BCUT2D eigenvalue weighted by Crippen LogP contribution is -2.32. The van der Waals surface area contributed by atoms with Gasteiger partial charge in [-0.2, -0.15) is 0 Å². The number of hydrogen-bond acceptors (Lipinski definition) is 8. The Hall–Kier alpha value is -4.81. The fourth-order valence-corrected chi connectivity index (χ4v) is 6.38. The van der Waals surface area contributed by atoms with E-state index in [2.05, 4.69) is 16.0 Å². The van der Waals surface area contributed by atoms with Crippen LogP contribution in [-0.4, -0.2) is 36.2 Å². The summed E-state index contributed by atoms with van der Waals surface area (Å²) in [5.74, 6) is -2.53. The summed E-state index contributed by atoms with van der Waals surface area (Å²) < 4.78 is 16.6. The van der Waals surface area contributed by atoms with Crippen molar-refractivity contribution in [2.24, 2.45) is 0 Å². The minimum absolute atomic E-state index is 0.0364. The predicted molar refractivity (Wildman–Crippen MR) is 209 cm³/mol. The normalized spacial score (nSPS) is 10.7. The van der Waals surface area contributed by atoms with Gasteiger partial charge in [-0.25, -0.2) is 4.79 Å². The maximum absolute atomic E-state index is 12.8. The third-order valence-electron chi connectivity index (χ3n) is 7.54. The Morgan fingerprint density at radius 1 is 0.574 bits per heavy atom. The Bertz CT molecular complexity index is 2040. The van der Waals surface area contributed by atoms with Gasteiger partial charge in [-0.1, -0.05) is 72.4 Å².